The Labute approximate surface area is 114 Å². The van der Waals surface area contributed by atoms with Crippen LogP contribution in [0.25, 0.3) is 11.1 Å². The second kappa shape index (κ2) is 4.69. The number of hydrogen-bond donors (Lipinski definition) is 0. The van der Waals surface area contributed by atoms with Gasteiger partial charge in [-0.05, 0) is 40.7 Å². The minimum Gasteiger partial charge on any atom is -0.319 e. The summed E-state index contributed by atoms with van der Waals surface area (Å²) in [6.07, 6.45) is 1.81. The van der Waals surface area contributed by atoms with Crippen molar-refractivity contribution < 1.29 is 0 Å². The van der Waals surface area contributed by atoms with Crippen LogP contribution >= 0.6 is 0 Å². The van der Waals surface area contributed by atoms with Crippen molar-refractivity contribution in [2.24, 2.45) is 7.05 Å². The second-order valence-electron chi connectivity index (χ2n) is 6.14. The Bertz CT molecular complexity index is 660. The lowest BCUT2D eigenvalue weighted by atomic mass is 9.83. The van der Waals surface area contributed by atoms with Gasteiger partial charge < -0.3 is 4.57 Å². The van der Waals surface area contributed by atoms with Crippen LogP contribution in [0.5, 0.6) is 0 Å². The zero-order valence-corrected chi connectivity index (χ0v) is 12.3. The molecule has 2 aromatic rings. The lowest BCUT2D eigenvalue weighted by Gasteiger charge is -2.22. The SMILES string of the molecule is Cc1cc(-c2ccn(C)c(=O)c2)ccc1C(C)(C)C. The maximum atomic E-state index is 11.7. The van der Waals surface area contributed by atoms with Crippen LogP contribution < -0.4 is 5.56 Å². The van der Waals surface area contributed by atoms with E-state index in [1.54, 1.807) is 17.7 Å². The standard InChI is InChI=1S/C17H21NO/c1-12-10-13(6-7-15(12)17(2,3)4)14-8-9-18(5)16(19)11-14/h6-11H,1-5H3. The van der Waals surface area contributed by atoms with Gasteiger partial charge in [-0.1, -0.05) is 39.0 Å². The zero-order chi connectivity index (χ0) is 14.2. The van der Waals surface area contributed by atoms with Gasteiger partial charge in [-0.2, -0.15) is 0 Å². The van der Waals surface area contributed by atoms with E-state index in [1.807, 2.05) is 12.3 Å². The summed E-state index contributed by atoms with van der Waals surface area (Å²) in [6.45, 7) is 8.78. The van der Waals surface area contributed by atoms with E-state index < -0.39 is 0 Å². The fourth-order valence-electron chi connectivity index (χ4n) is 2.41. The van der Waals surface area contributed by atoms with Gasteiger partial charge in [0, 0.05) is 19.3 Å². The first kappa shape index (κ1) is 13.6. The molecule has 100 valence electrons. The topological polar surface area (TPSA) is 22.0 Å². The summed E-state index contributed by atoms with van der Waals surface area (Å²) in [7, 11) is 1.76. The maximum absolute atomic E-state index is 11.7. The second-order valence-corrected chi connectivity index (χ2v) is 6.14. The Balaban J connectivity index is 2.50. The van der Waals surface area contributed by atoms with Gasteiger partial charge in [0.15, 0.2) is 0 Å². The van der Waals surface area contributed by atoms with E-state index in [2.05, 4.69) is 45.9 Å². The summed E-state index contributed by atoms with van der Waals surface area (Å²) < 4.78 is 1.58. The zero-order valence-electron chi connectivity index (χ0n) is 12.3. The highest BCUT2D eigenvalue weighted by Gasteiger charge is 2.16. The fraction of sp³-hybridized carbons (Fsp3) is 0.353. The first-order valence-electron chi connectivity index (χ1n) is 6.57. The van der Waals surface area contributed by atoms with Crippen molar-refractivity contribution in [1.82, 2.24) is 4.57 Å². The van der Waals surface area contributed by atoms with Crippen molar-refractivity contribution in [3.63, 3.8) is 0 Å². The summed E-state index contributed by atoms with van der Waals surface area (Å²) in [5.41, 5.74) is 4.87. The molecule has 0 spiro atoms. The summed E-state index contributed by atoms with van der Waals surface area (Å²) >= 11 is 0. The van der Waals surface area contributed by atoms with Crippen LogP contribution in [0.2, 0.25) is 0 Å². The maximum Gasteiger partial charge on any atom is 0.250 e. The molecule has 2 rings (SSSR count). The summed E-state index contributed by atoms with van der Waals surface area (Å²) in [5.74, 6) is 0. The van der Waals surface area contributed by atoms with Crippen LogP contribution in [0.4, 0.5) is 0 Å². The Morgan fingerprint density at radius 2 is 1.63 bits per heavy atom. The average molecular weight is 255 g/mol. The van der Waals surface area contributed by atoms with E-state index in [1.165, 1.54) is 11.1 Å². The van der Waals surface area contributed by atoms with Gasteiger partial charge in [-0.25, -0.2) is 0 Å². The number of benzene rings is 1. The average Bonchev–Trinajstić information content (AvgIpc) is 2.31. The molecule has 0 unspecified atom stereocenters. The molecular weight excluding hydrogens is 234 g/mol. The third kappa shape index (κ3) is 2.78. The van der Waals surface area contributed by atoms with E-state index in [0.29, 0.717) is 0 Å². The van der Waals surface area contributed by atoms with Crippen LogP contribution in [0.1, 0.15) is 31.9 Å². The monoisotopic (exact) mass is 255 g/mol. The minimum atomic E-state index is 0.0232. The molecule has 0 aliphatic rings. The number of pyridine rings is 1. The van der Waals surface area contributed by atoms with Crippen molar-refractivity contribution in [3.05, 3.63) is 58.0 Å². The summed E-state index contributed by atoms with van der Waals surface area (Å²) in [4.78, 5) is 11.7. The molecule has 2 heteroatoms. The minimum absolute atomic E-state index is 0.0232. The van der Waals surface area contributed by atoms with Crippen LogP contribution in [0, 0.1) is 6.92 Å². The molecule has 0 fully saturated rings. The molecule has 1 heterocycles. The molecule has 0 saturated heterocycles. The van der Waals surface area contributed by atoms with E-state index >= 15 is 0 Å². The van der Waals surface area contributed by atoms with E-state index in [4.69, 9.17) is 0 Å². The highest BCUT2D eigenvalue weighted by Crippen LogP contribution is 2.29. The number of aryl methyl sites for hydroxylation is 2. The molecule has 19 heavy (non-hydrogen) atoms. The molecule has 0 saturated carbocycles. The summed E-state index contributed by atoms with van der Waals surface area (Å²) in [6, 6.07) is 10.1. The van der Waals surface area contributed by atoms with Gasteiger partial charge in [0.05, 0.1) is 0 Å². The van der Waals surface area contributed by atoms with Crippen molar-refractivity contribution >= 4 is 0 Å². The molecule has 0 bridgehead atoms. The molecule has 0 aliphatic carbocycles. The Morgan fingerprint density at radius 1 is 1.00 bits per heavy atom. The molecule has 1 aromatic heterocycles. The van der Waals surface area contributed by atoms with Gasteiger partial charge in [0.25, 0.3) is 5.56 Å². The van der Waals surface area contributed by atoms with E-state index in [0.717, 1.165) is 11.1 Å². The van der Waals surface area contributed by atoms with Gasteiger partial charge in [-0.15, -0.1) is 0 Å². The quantitative estimate of drug-likeness (QED) is 0.762. The number of aromatic nitrogens is 1. The largest absolute Gasteiger partial charge is 0.319 e. The van der Waals surface area contributed by atoms with Crippen molar-refractivity contribution in [2.45, 2.75) is 33.1 Å². The third-order valence-electron chi connectivity index (χ3n) is 3.47. The lowest BCUT2D eigenvalue weighted by molar-refractivity contribution is 0.586. The van der Waals surface area contributed by atoms with Crippen molar-refractivity contribution in [3.8, 4) is 11.1 Å². The number of nitrogens with zero attached hydrogens (tertiary/aromatic N) is 1. The van der Waals surface area contributed by atoms with Crippen LogP contribution in [0.15, 0.2) is 41.3 Å². The normalized spacial score (nSPS) is 11.6. The summed E-state index contributed by atoms with van der Waals surface area (Å²) in [5, 5.41) is 0. The van der Waals surface area contributed by atoms with Crippen LogP contribution in [0.3, 0.4) is 0 Å². The first-order chi connectivity index (χ1) is 8.79. The molecule has 0 aliphatic heterocycles. The molecular formula is C17H21NO. The van der Waals surface area contributed by atoms with Gasteiger partial charge >= 0.3 is 0 Å². The predicted molar refractivity (Wildman–Crippen MR) is 80.6 cm³/mol. The first-order valence-corrected chi connectivity index (χ1v) is 6.57. The van der Waals surface area contributed by atoms with E-state index in [-0.39, 0.29) is 11.0 Å². The Morgan fingerprint density at radius 3 is 2.16 bits per heavy atom. The van der Waals surface area contributed by atoms with E-state index in [9.17, 15) is 4.79 Å². The van der Waals surface area contributed by atoms with Gasteiger partial charge in [0.1, 0.15) is 0 Å². The lowest BCUT2D eigenvalue weighted by Crippen LogP contribution is -2.14. The van der Waals surface area contributed by atoms with Gasteiger partial charge in [0.2, 0.25) is 0 Å². The molecule has 1 aromatic carbocycles. The highest BCUT2D eigenvalue weighted by atomic mass is 16.1. The van der Waals surface area contributed by atoms with Gasteiger partial charge in [-0.3, -0.25) is 4.79 Å². The number of rotatable bonds is 1. The fourth-order valence-corrected chi connectivity index (χ4v) is 2.41. The smallest absolute Gasteiger partial charge is 0.250 e. The molecule has 0 amide bonds. The van der Waals surface area contributed by atoms with Crippen molar-refractivity contribution in [1.29, 1.82) is 0 Å². The van der Waals surface area contributed by atoms with Crippen LogP contribution in [-0.4, -0.2) is 4.57 Å². The molecule has 2 nitrogen and oxygen atoms in total. The Hall–Kier alpha value is -1.83. The van der Waals surface area contributed by atoms with Crippen LogP contribution in [-0.2, 0) is 12.5 Å². The molecule has 0 atom stereocenters. The molecule has 0 radical (unpaired) electrons. The third-order valence-corrected chi connectivity index (χ3v) is 3.47. The number of hydrogen-bond acceptors (Lipinski definition) is 1. The highest BCUT2D eigenvalue weighted by molar-refractivity contribution is 5.64. The predicted octanol–water partition coefficient (Wildman–Crippen LogP) is 3.66. The Kier molecular flexibility index (Phi) is 3.36. The molecule has 0 N–H and O–H groups in total. The van der Waals surface area contributed by atoms with Crippen molar-refractivity contribution in [2.75, 3.05) is 0 Å².